The topological polar surface area (TPSA) is 67.2 Å². The first kappa shape index (κ1) is 21.2. The van der Waals surface area contributed by atoms with Gasteiger partial charge in [0.05, 0.1) is 28.0 Å². The van der Waals surface area contributed by atoms with Gasteiger partial charge in [0.15, 0.2) is 0 Å². The second-order valence-electron chi connectivity index (χ2n) is 8.90. The SMILES string of the molecule is O=C(c1cnn(-c2nccc(-c3cccs3)n2)c1C1CC1)N1CCN(Cc2ccccc2)CC1. The summed E-state index contributed by atoms with van der Waals surface area (Å²) in [5.74, 6) is 0.941. The van der Waals surface area contributed by atoms with E-state index in [0.717, 1.165) is 61.8 Å². The van der Waals surface area contributed by atoms with Crippen molar-refractivity contribution in [3.63, 3.8) is 0 Å². The lowest BCUT2D eigenvalue weighted by atomic mass is 10.1. The summed E-state index contributed by atoms with van der Waals surface area (Å²) in [6.45, 7) is 4.13. The molecule has 1 amide bonds. The molecule has 172 valence electrons. The smallest absolute Gasteiger partial charge is 0.257 e. The van der Waals surface area contributed by atoms with Gasteiger partial charge in [-0.25, -0.2) is 14.6 Å². The summed E-state index contributed by atoms with van der Waals surface area (Å²) < 4.78 is 1.79. The third kappa shape index (κ3) is 4.26. The number of thiophene rings is 1. The number of amides is 1. The highest BCUT2D eigenvalue weighted by molar-refractivity contribution is 7.13. The van der Waals surface area contributed by atoms with E-state index >= 15 is 0 Å². The number of hydrogen-bond donors (Lipinski definition) is 0. The standard InChI is InChI=1S/C26H26N6OS/c33-25(31-14-12-30(13-15-31)18-19-5-2-1-3-6-19)21-17-28-32(24(21)20-8-9-20)26-27-11-10-22(29-26)23-7-4-16-34-23/h1-7,10-11,16-17,20H,8-9,12-15,18H2. The second-order valence-corrected chi connectivity index (χ2v) is 9.85. The van der Waals surface area contributed by atoms with E-state index in [1.54, 1.807) is 28.4 Å². The predicted octanol–water partition coefficient (Wildman–Crippen LogP) is 4.23. The van der Waals surface area contributed by atoms with Crippen LogP contribution in [-0.2, 0) is 6.54 Å². The third-order valence-corrected chi connectivity index (χ3v) is 7.41. The van der Waals surface area contributed by atoms with Crippen molar-refractivity contribution < 1.29 is 4.79 Å². The molecule has 0 unspecified atom stereocenters. The molecule has 2 aliphatic rings. The molecule has 4 aromatic rings. The predicted molar refractivity (Wildman–Crippen MR) is 132 cm³/mol. The van der Waals surface area contributed by atoms with Crippen LogP contribution in [0.15, 0.2) is 66.3 Å². The maximum atomic E-state index is 13.5. The molecule has 1 saturated heterocycles. The molecule has 7 nitrogen and oxygen atoms in total. The molecule has 8 heteroatoms. The molecule has 0 atom stereocenters. The molecule has 34 heavy (non-hydrogen) atoms. The number of nitrogens with zero attached hydrogens (tertiary/aromatic N) is 6. The molecular weight excluding hydrogens is 444 g/mol. The Morgan fingerprint density at radius 2 is 1.82 bits per heavy atom. The molecular formula is C26H26N6OS. The molecule has 2 fully saturated rings. The van der Waals surface area contributed by atoms with Crippen LogP contribution in [0.1, 0.15) is 40.4 Å². The van der Waals surface area contributed by atoms with Gasteiger partial charge >= 0.3 is 0 Å². The molecule has 0 N–H and O–H groups in total. The van der Waals surface area contributed by atoms with Gasteiger partial charge in [-0.1, -0.05) is 36.4 Å². The fraction of sp³-hybridized carbons (Fsp3) is 0.308. The van der Waals surface area contributed by atoms with Crippen molar-refractivity contribution in [1.82, 2.24) is 29.5 Å². The van der Waals surface area contributed by atoms with Crippen LogP contribution in [0.2, 0.25) is 0 Å². The average molecular weight is 471 g/mol. The lowest BCUT2D eigenvalue weighted by molar-refractivity contribution is 0.0627. The Hall–Kier alpha value is -3.36. The highest BCUT2D eigenvalue weighted by Crippen LogP contribution is 2.42. The van der Waals surface area contributed by atoms with Crippen LogP contribution in [0.25, 0.3) is 16.5 Å². The Balaban J connectivity index is 1.21. The average Bonchev–Trinajstić information content (AvgIpc) is 3.39. The Labute approximate surface area is 202 Å². The molecule has 0 radical (unpaired) electrons. The number of hydrogen-bond acceptors (Lipinski definition) is 6. The van der Waals surface area contributed by atoms with E-state index in [-0.39, 0.29) is 5.91 Å². The maximum absolute atomic E-state index is 13.5. The lowest BCUT2D eigenvalue weighted by Gasteiger charge is -2.34. The highest BCUT2D eigenvalue weighted by Gasteiger charge is 2.35. The van der Waals surface area contributed by atoms with E-state index in [1.165, 1.54) is 5.56 Å². The fourth-order valence-corrected chi connectivity index (χ4v) is 5.26. The van der Waals surface area contributed by atoms with Gasteiger partial charge in [-0.2, -0.15) is 5.10 Å². The third-order valence-electron chi connectivity index (χ3n) is 6.52. The molecule has 0 bridgehead atoms. The van der Waals surface area contributed by atoms with E-state index in [2.05, 4.69) is 39.2 Å². The molecule has 1 aromatic carbocycles. The van der Waals surface area contributed by atoms with Crippen molar-refractivity contribution >= 4 is 17.2 Å². The zero-order valence-corrected chi connectivity index (χ0v) is 19.7. The van der Waals surface area contributed by atoms with Gasteiger partial charge in [-0.15, -0.1) is 11.3 Å². The van der Waals surface area contributed by atoms with Gasteiger partial charge in [-0.3, -0.25) is 9.69 Å². The number of rotatable bonds is 6. The maximum Gasteiger partial charge on any atom is 0.257 e. The number of carbonyl (C=O) groups is 1. The van der Waals surface area contributed by atoms with Gasteiger partial charge in [0.1, 0.15) is 0 Å². The fourth-order valence-electron chi connectivity index (χ4n) is 4.56. The van der Waals surface area contributed by atoms with E-state index in [4.69, 9.17) is 4.98 Å². The van der Waals surface area contributed by atoms with Crippen LogP contribution < -0.4 is 0 Å². The first-order chi connectivity index (χ1) is 16.8. The summed E-state index contributed by atoms with van der Waals surface area (Å²) in [5, 5.41) is 6.63. The molecule has 1 aliphatic carbocycles. The molecule has 1 aliphatic heterocycles. The summed E-state index contributed by atoms with van der Waals surface area (Å²) in [6.07, 6.45) is 5.62. The van der Waals surface area contributed by atoms with Crippen molar-refractivity contribution in [2.24, 2.45) is 0 Å². The van der Waals surface area contributed by atoms with E-state index in [0.29, 0.717) is 17.4 Å². The minimum Gasteiger partial charge on any atom is -0.336 e. The zero-order chi connectivity index (χ0) is 22.9. The van der Waals surface area contributed by atoms with Gasteiger partial charge < -0.3 is 4.90 Å². The van der Waals surface area contributed by atoms with E-state index in [9.17, 15) is 4.79 Å². The van der Waals surface area contributed by atoms with Crippen molar-refractivity contribution in [3.05, 3.63) is 83.1 Å². The highest BCUT2D eigenvalue weighted by atomic mass is 32.1. The molecule has 3 aromatic heterocycles. The van der Waals surface area contributed by atoms with Gasteiger partial charge in [0.2, 0.25) is 0 Å². The van der Waals surface area contributed by atoms with Crippen LogP contribution >= 0.6 is 11.3 Å². The molecule has 1 saturated carbocycles. The zero-order valence-electron chi connectivity index (χ0n) is 18.9. The Morgan fingerprint density at radius 1 is 1.00 bits per heavy atom. The van der Waals surface area contributed by atoms with Crippen molar-refractivity contribution in [1.29, 1.82) is 0 Å². The van der Waals surface area contributed by atoms with Crippen LogP contribution in [0.4, 0.5) is 0 Å². The van der Waals surface area contributed by atoms with Crippen LogP contribution in [0.3, 0.4) is 0 Å². The summed E-state index contributed by atoms with van der Waals surface area (Å²) in [4.78, 5) is 28.3. The number of carbonyl (C=O) groups excluding carboxylic acids is 1. The number of piperazine rings is 1. The summed E-state index contributed by atoms with van der Waals surface area (Å²) in [6, 6.07) is 16.5. The van der Waals surface area contributed by atoms with Gasteiger partial charge in [0.25, 0.3) is 11.9 Å². The molecule has 0 spiro atoms. The van der Waals surface area contributed by atoms with Crippen molar-refractivity contribution in [3.8, 4) is 16.5 Å². The van der Waals surface area contributed by atoms with Crippen LogP contribution in [0, 0.1) is 0 Å². The first-order valence-corrected chi connectivity index (χ1v) is 12.6. The summed E-state index contributed by atoms with van der Waals surface area (Å²) in [7, 11) is 0. The normalized spacial score (nSPS) is 16.6. The molecule has 4 heterocycles. The van der Waals surface area contributed by atoms with E-state index in [1.807, 2.05) is 34.5 Å². The first-order valence-electron chi connectivity index (χ1n) is 11.8. The summed E-state index contributed by atoms with van der Waals surface area (Å²) in [5.41, 5.74) is 3.84. The van der Waals surface area contributed by atoms with Gasteiger partial charge in [0, 0.05) is 44.8 Å². The quantitative estimate of drug-likeness (QED) is 0.422. The Morgan fingerprint density at radius 3 is 2.56 bits per heavy atom. The van der Waals surface area contributed by atoms with Gasteiger partial charge in [-0.05, 0) is 35.9 Å². The minimum atomic E-state index is 0.0712. The largest absolute Gasteiger partial charge is 0.336 e. The van der Waals surface area contributed by atoms with Crippen LogP contribution in [0.5, 0.6) is 0 Å². The van der Waals surface area contributed by atoms with E-state index < -0.39 is 0 Å². The Bertz CT molecular complexity index is 1270. The number of benzene rings is 1. The molecule has 6 rings (SSSR count). The Kier molecular flexibility index (Phi) is 5.68. The van der Waals surface area contributed by atoms with Crippen LogP contribution in [-0.4, -0.2) is 61.6 Å². The van der Waals surface area contributed by atoms with Crippen molar-refractivity contribution in [2.45, 2.75) is 25.3 Å². The summed E-state index contributed by atoms with van der Waals surface area (Å²) >= 11 is 1.65. The lowest BCUT2D eigenvalue weighted by Crippen LogP contribution is -2.48. The monoisotopic (exact) mass is 470 g/mol. The van der Waals surface area contributed by atoms with Crippen molar-refractivity contribution in [2.75, 3.05) is 26.2 Å². The second kappa shape index (κ2) is 9.12. The number of aromatic nitrogens is 4. The minimum absolute atomic E-state index is 0.0712.